The molecule has 1 N–H and O–H groups in total. The molecule has 3 aromatic rings. The number of nitrogens with zero attached hydrogens (tertiary/aromatic N) is 4. The van der Waals surface area contributed by atoms with Crippen LogP contribution >= 0.6 is 0 Å². The number of anilines is 2. The Balaban J connectivity index is 0.00000173. The first-order valence-corrected chi connectivity index (χ1v) is 16.1. The average molecular weight is 632 g/mol. The Morgan fingerprint density at radius 3 is 2.41 bits per heavy atom. The Kier molecular flexibility index (Phi) is 15.8. The fraction of sp³-hybridized carbons (Fsp3) is 0.432. The number of methoxy groups -OCH3 is 1. The number of unbranched alkanes of at least 4 members (excludes halogenated alkanes) is 2. The molecule has 0 amide bonds. The third-order valence-corrected chi connectivity index (χ3v) is 7.61. The number of halogens is 1. The summed E-state index contributed by atoms with van der Waals surface area (Å²) in [5.74, 6) is -0.552. The lowest BCUT2D eigenvalue weighted by Gasteiger charge is -2.21. The molecule has 46 heavy (non-hydrogen) atoms. The van der Waals surface area contributed by atoms with Crippen LogP contribution in [0.25, 0.3) is 5.57 Å². The number of ether oxygens (including phenoxy) is 1. The summed E-state index contributed by atoms with van der Waals surface area (Å²) in [6.45, 7) is 16.9. The first-order valence-electron chi connectivity index (χ1n) is 16.1. The molecular weight excluding hydrogens is 581 g/mol. The highest BCUT2D eigenvalue weighted by atomic mass is 19.1. The fourth-order valence-electron chi connectivity index (χ4n) is 4.98. The fourth-order valence-corrected chi connectivity index (χ4v) is 4.98. The van der Waals surface area contributed by atoms with Crippen molar-refractivity contribution in [1.29, 1.82) is 0 Å². The predicted molar refractivity (Wildman–Crippen MR) is 189 cm³/mol. The van der Waals surface area contributed by atoms with Crippen molar-refractivity contribution < 1.29 is 14.1 Å². The first kappa shape index (κ1) is 37.8. The predicted octanol–water partition coefficient (Wildman–Crippen LogP) is 10.4. The van der Waals surface area contributed by atoms with Crippen LogP contribution in [0.4, 0.5) is 21.7 Å². The Morgan fingerprint density at radius 1 is 1.13 bits per heavy atom. The minimum atomic E-state index is -0.990. The van der Waals surface area contributed by atoms with Gasteiger partial charge in [-0.25, -0.2) is 9.97 Å². The molecule has 0 saturated carbocycles. The number of aliphatic imine (C=N–C) groups is 1. The largest absolute Gasteiger partial charge is 0.494 e. The molecule has 0 aliphatic rings. The number of nitro benzene ring substituents is 1. The van der Waals surface area contributed by atoms with E-state index in [1.165, 1.54) is 36.6 Å². The summed E-state index contributed by atoms with van der Waals surface area (Å²) in [6, 6.07) is 10.4. The van der Waals surface area contributed by atoms with E-state index >= 15 is 0 Å². The van der Waals surface area contributed by atoms with Gasteiger partial charge in [0.15, 0.2) is 0 Å². The van der Waals surface area contributed by atoms with Gasteiger partial charge in [0, 0.05) is 36.7 Å². The number of hydrogen-bond donors (Lipinski definition) is 1. The zero-order chi connectivity index (χ0) is 34.2. The van der Waals surface area contributed by atoms with E-state index in [1.54, 1.807) is 12.4 Å². The molecule has 0 aliphatic carbocycles. The lowest BCUT2D eigenvalue weighted by Crippen LogP contribution is -2.12. The van der Waals surface area contributed by atoms with Crippen molar-refractivity contribution in [3.05, 3.63) is 98.8 Å². The normalized spacial score (nSPS) is 12.1. The van der Waals surface area contributed by atoms with E-state index in [2.05, 4.69) is 75.0 Å². The Hall–Kier alpha value is -4.40. The number of aryl methyl sites for hydroxylation is 1. The highest BCUT2D eigenvalue weighted by Gasteiger charge is 2.22. The molecule has 0 bridgehead atoms. The summed E-state index contributed by atoms with van der Waals surface area (Å²) < 4.78 is 19.5. The lowest BCUT2D eigenvalue weighted by atomic mass is 9.86. The smallest absolute Gasteiger partial charge is 0.307 e. The molecule has 0 unspecified atom stereocenters. The van der Waals surface area contributed by atoms with Crippen molar-refractivity contribution >= 4 is 28.6 Å². The second-order valence-corrected chi connectivity index (χ2v) is 11.4. The average Bonchev–Trinajstić information content (AvgIpc) is 3.04. The summed E-state index contributed by atoms with van der Waals surface area (Å²) in [6.07, 6.45) is 11.9. The molecule has 248 valence electrons. The minimum absolute atomic E-state index is 0.0968. The minimum Gasteiger partial charge on any atom is -0.494 e. The van der Waals surface area contributed by atoms with E-state index < -0.39 is 16.4 Å². The van der Waals surface area contributed by atoms with Crippen LogP contribution in [0.5, 0.6) is 5.75 Å². The second-order valence-electron chi connectivity index (χ2n) is 11.4. The quantitative estimate of drug-likeness (QED) is 0.108. The molecule has 0 radical (unpaired) electrons. The van der Waals surface area contributed by atoms with Gasteiger partial charge in [0.05, 0.1) is 23.4 Å². The molecule has 1 heterocycles. The van der Waals surface area contributed by atoms with Crippen molar-refractivity contribution in [3.8, 4) is 5.75 Å². The number of allylic oxidation sites excluding steroid dienone is 3. The molecule has 1 aromatic heterocycles. The summed E-state index contributed by atoms with van der Waals surface area (Å²) in [4.78, 5) is 24.5. The van der Waals surface area contributed by atoms with Crippen molar-refractivity contribution in [2.24, 2.45) is 10.9 Å². The molecule has 8 nitrogen and oxygen atoms in total. The van der Waals surface area contributed by atoms with Gasteiger partial charge in [-0.15, -0.1) is 0 Å². The SMILES string of the molecule is CCCC.C\C=C/N=C(C)/C(=C(/Cc1cccc(CCCC)c1C)c1ccnc(Nc2cc([N+](=O)[O-])c(F)cc2OC)n1)C(C)C. The molecule has 0 atom stereocenters. The van der Waals surface area contributed by atoms with E-state index in [1.807, 2.05) is 26.0 Å². The van der Waals surface area contributed by atoms with E-state index in [0.29, 0.717) is 12.1 Å². The van der Waals surface area contributed by atoms with Gasteiger partial charge in [-0.3, -0.25) is 15.1 Å². The van der Waals surface area contributed by atoms with Crippen LogP contribution in [0.1, 0.15) is 96.5 Å². The van der Waals surface area contributed by atoms with Gasteiger partial charge in [0.25, 0.3) is 0 Å². The second kappa shape index (κ2) is 19.2. The van der Waals surface area contributed by atoms with Crippen LogP contribution in [0.15, 0.2) is 65.4 Å². The monoisotopic (exact) mass is 631 g/mol. The highest BCUT2D eigenvalue weighted by Crippen LogP contribution is 2.34. The van der Waals surface area contributed by atoms with Gasteiger partial charge in [-0.1, -0.05) is 78.2 Å². The lowest BCUT2D eigenvalue weighted by molar-refractivity contribution is -0.387. The van der Waals surface area contributed by atoms with Gasteiger partial charge < -0.3 is 10.1 Å². The molecule has 3 rings (SSSR count). The number of benzene rings is 2. The van der Waals surface area contributed by atoms with Gasteiger partial charge in [-0.2, -0.15) is 4.39 Å². The summed E-state index contributed by atoms with van der Waals surface area (Å²) in [7, 11) is 1.36. The Morgan fingerprint density at radius 2 is 1.83 bits per heavy atom. The zero-order valence-electron chi connectivity index (χ0n) is 28.9. The van der Waals surface area contributed by atoms with Crippen molar-refractivity contribution in [1.82, 2.24) is 9.97 Å². The van der Waals surface area contributed by atoms with Crippen LogP contribution in [0.2, 0.25) is 0 Å². The van der Waals surface area contributed by atoms with Crippen LogP contribution in [-0.4, -0.2) is 27.7 Å². The third kappa shape index (κ3) is 10.6. The van der Waals surface area contributed by atoms with Gasteiger partial charge >= 0.3 is 5.69 Å². The van der Waals surface area contributed by atoms with E-state index in [-0.39, 0.29) is 23.3 Å². The Bertz CT molecular complexity index is 1540. The highest BCUT2D eigenvalue weighted by molar-refractivity contribution is 6.05. The van der Waals surface area contributed by atoms with E-state index in [9.17, 15) is 14.5 Å². The number of hydrogen-bond acceptors (Lipinski definition) is 7. The summed E-state index contributed by atoms with van der Waals surface area (Å²) in [5.41, 5.74) is 7.00. The van der Waals surface area contributed by atoms with Crippen molar-refractivity contribution in [3.63, 3.8) is 0 Å². The van der Waals surface area contributed by atoms with E-state index in [0.717, 1.165) is 48.3 Å². The summed E-state index contributed by atoms with van der Waals surface area (Å²) >= 11 is 0. The first-order chi connectivity index (χ1) is 22.0. The molecule has 0 aliphatic heterocycles. The summed E-state index contributed by atoms with van der Waals surface area (Å²) in [5, 5.41) is 14.4. The molecule has 0 spiro atoms. The van der Waals surface area contributed by atoms with Crippen molar-refractivity contribution in [2.45, 2.75) is 93.9 Å². The van der Waals surface area contributed by atoms with Crippen molar-refractivity contribution in [2.75, 3.05) is 12.4 Å². The third-order valence-electron chi connectivity index (χ3n) is 7.61. The molecule has 0 fully saturated rings. The van der Waals surface area contributed by atoms with Crippen LogP contribution in [0, 0.1) is 28.8 Å². The van der Waals surface area contributed by atoms with Crippen LogP contribution in [-0.2, 0) is 12.8 Å². The van der Waals surface area contributed by atoms with Gasteiger partial charge in [-0.05, 0) is 73.4 Å². The maximum absolute atomic E-state index is 14.2. The van der Waals surface area contributed by atoms with Crippen LogP contribution in [0.3, 0.4) is 0 Å². The number of nitrogens with one attached hydrogen (secondary N) is 1. The number of aromatic nitrogens is 2. The molecular formula is C37H50FN5O3. The maximum Gasteiger partial charge on any atom is 0.307 e. The van der Waals surface area contributed by atoms with Gasteiger partial charge in [0.1, 0.15) is 5.75 Å². The standard InChI is InChI=1S/C33H40FN5O3.C4H10/c1-8-10-12-24-13-11-14-25(22(24)5)18-26(32(21(3)4)23(6)35-16-9-2)28-15-17-36-33(37-28)38-29-20-30(39(40)41)27(34)19-31(29)42-7;1-3-4-2/h9,11,13-17,19-21H,8,10,12,18H2,1-7H3,(H,36,37,38);3-4H2,1-2H3/b16-9-,32-26-,35-23+;. The topological polar surface area (TPSA) is 103 Å². The number of nitro groups is 1. The van der Waals surface area contributed by atoms with E-state index in [4.69, 9.17) is 9.72 Å². The molecule has 2 aromatic carbocycles. The zero-order valence-corrected chi connectivity index (χ0v) is 28.9. The van der Waals surface area contributed by atoms with Crippen LogP contribution < -0.4 is 10.1 Å². The molecule has 0 saturated heterocycles. The maximum atomic E-state index is 14.2. The number of rotatable bonds is 14. The Labute approximate surface area is 274 Å². The van der Waals surface area contributed by atoms with Gasteiger partial charge in [0.2, 0.25) is 11.8 Å². The molecule has 9 heteroatoms.